The maximum absolute atomic E-state index is 12.7. The van der Waals surface area contributed by atoms with E-state index in [0.717, 1.165) is 4.90 Å². The highest BCUT2D eigenvalue weighted by atomic mass is 79.9. The zero-order valence-electron chi connectivity index (χ0n) is 14.9. The molecule has 0 fully saturated rings. The third-order valence-electron chi connectivity index (χ3n) is 3.16. The molecule has 0 atom stereocenters. The van der Waals surface area contributed by atoms with Crippen LogP contribution < -0.4 is 4.74 Å². The molecule has 0 aliphatic carbocycles. The highest BCUT2D eigenvalue weighted by Crippen LogP contribution is 2.15. The van der Waals surface area contributed by atoms with Crippen molar-refractivity contribution >= 4 is 27.9 Å². The van der Waals surface area contributed by atoms with Gasteiger partial charge in [-0.05, 0) is 61.0 Å². The molecule has 6 nitrogen and oxygen atoms in total. The molecule has 138 valence electrons. The Labute approximate surface area is 161 Å². The summed E-state index contributed by atoms with van der Waals surface area (Å²) in [4.78, 5) is 30.3. The monoisotopic (exact) mass is 420 g/mol. The molecule has 1 heterocycles. The molecule has 1 aromatic carbocycles. The molecule has 0 aliphatic rings. The molecule has 0 spiro atoms. The molecule has 2 aromatic rings. The predicted octanol–water partition coefficient (Wildman–Crippen LogP) is 4.30. The van der Waals surface area contributed by atoms with Gasteiger partial charge in [0.15, 0.2) is 0 Å². The summed E-state index contributed by atoms with van der Waals surface area (Å²) in [5.74, 6) is 0.172. The molecule has 0 N–H and O–H groups in total. The SMILES string of the molecule is CC(C)(C)OC(=O)N(CCOc1ccccc1)C(=O)c1ccc(Br)nc1. The second-order valence-electron chi connectivity index (χ2n) is 6.47. The summed E-state index contributed by atoms with van der Waals surface area (Å²) in [5.41, 5.74) is -0.424. The number of hydrogen-bond acceptors (Lipinski definition) is 5. The molecule has 0 aliphatic heterocycles. The molecule has 2 rings (SSSR count). The number of pyridine rings is 1. The Bertz CT molecular complexity index is 742. The molecule has 26 heavy (non-hydrogen) atoms. The molecule has 0 bridgehead atoms. The van der Waals surface area contributed by atoms with Gasteiger partial charge in [0.2, 0.25) is 0 Å². The number of hydrogen-bond donors (Lipinski definition) is 0. The van der Waals surface area contributed by atoms with Gasteiger partial charge in [0.25, 0.3) is 5.91 Å². The summed E-state index contributed by atoms with van der Waals surface area (Å²) in [6.07, 6.45) is 0.684. The fourth-order valence-corrected chi connectivity index (χ4v) is 2.26. The van der Waals surface area contributed by atoms with Crippen molar-refractivity contribution in [3.63, 3.8) is 0 Å². The van der Waals surface area contributed by atoms with Crippen LogP contribution in [0.5, 0.6) is 5.75 Å². The maximum Gasteiger partial charge on any atom is 0.417 e. The Morgan fingerprint density at radius 2 is 1.81 bits per heavy atom. The number of amides is 2. The number of carbonyl (C=O) groups excluding carboxylic acids is 2. The first-order valence-electron chi connectivity index (χ1n) is 8.10. The standard InChI is InChI=1S/C19H21BrN2O4/c1-19(2,3)26-18(24)22(11-12-25-15-7-5-4-6-8-15)17(23)14-9-10-16(20)21-13-14/h4-10,13H,11-12H2,1-3H3. The lowest BCUT2D eigenvalue weighted by atomic mass is 10.2. The normalized spacial score (nSPS) is 10.9. The van der Waals surface area contributed by atoms with E-state index in [1.165, 1.54) is 6.20 Å². The van der Waals surface area contributed by atoms with Crippen LogP contribution in [0.25, 0.3) is 0 Å². The summed E-state index contributed by atoms with van der Waals surface area (Å²) in [6, 6.07) is 12.4. The van der Waals surface area contributed by atoms with Crippen molar-refractivity contribution < 1.29 is 19.1 Å². The van der Waals surface area contributed by atoms with Crippen LogP contribution in [-0.2, 0) is 4.74 Å². The van der Waals surface area contributed by atoms with E-state index < -0.39 is 17.6 Å². The van der Waals surface area contributed by atoms with Crippen molar-refractivity contribution in [1.82, 2.24) is 9.88 Å². The second-order valence-corrected chi connectivity index (χ2v) is 7.28. The van der Waals surface area contributed by atoms with Gasteiger partial charge < -0.3 is 9.47 Å². The van der Waals surface area contributed by atoms with E-state index in [0.29, 0.717) is 15.9 Å². The van der Waals surface area contributed by atoms with Crippen molar-refractivity contribution in [2.75, 3.05) is 13.2 Å². The number of aromatic nitrogens is 1. The number of carbonyl (C=O) groups is 2. The minimum atomic E-state index is -0.720. The number of imide groups is 1. The largest absolute Gasteiger partial charge is 0.492 e. The molecule has 0 radical (unpaired) electrons. The van der Waals surface area contributed by atoms with Crippen LogP contribution in [0, 0.1) is 0 Å². The van der Waals surface area contributed by atoms with Gasteiger partial charge in [-0.2, -0.15) is 0 Å². The van der Waals surface area contributed by atoms with Crippen LogP contribution in [-0.4, -0.2) is 40.6 Å². The Hall–Kier alpha value is -2.41. The number of ether oxygens (including phenoxy) is 2. The zero-order chi connectivity index (χ0) is 19.2. The van der Waals surface area contributed by atoms with E-state index in [-0.39, 0.29) is 13.2 Å². The Kier molecular flexibility index (Phi) is 6.74. The number of rotatable bonds is 5. The number of benzene rings is 1. The average Bonchev–Trinajstić information content (AvgIpc) is 2.58. The minimum absolute atomic E-state index is 0.0543. The molecule has 0 saturated carbocycles. The molecule has 0 unspecified atom stereocenters. The lowest BCUT2D eigenvalue weighted by molar-refractivity contribution is 0.0220. The van der Waals surface area contributed by atoms with Gasteiger partial charge in [-0.25, -0.2) is 14.7 Å². The molecule has 0 saturated heterocycles. The van der Waals surface area contributed by atoms with E-state index in [2.05, 4.69) is 20.9 Å². The summed E-state index contributed by atoms with van der Waals surface area (Å²) < 4.78 is 11.5. The van der Waals surface area contributed by atoms with Crippen molar-refractivity contribution in [3.05, 3.63) is 58.8 Å². The molecule has 1 aromatic heterocycles. The lowest BCUT2D eigenvalue weighted by Crippen LogP contribution is -2.43. The van der Waals surface area contributed by atoms with Crippen LogP contribution in [0.2, 0.25) is 0 Å². The van der Waals surface area contributed by atoms with Gasteiger partial charge in [0.05, 0.1) is 12.1 Å². The van der Waals surface area contributed by atoms with Gasteiger partial charge >= 0.3 is 6.09 Å². The first kappa shape index (κ1) is 19.9. The van der Waals surface area contributed by atoms with Crippen molar-refractivity contribution in [3.8, 4) is 5.75 Å². The number of halogens is 1. The van der Waals surface area contributed by atoms with Crippen molar-refractivity contribution in [1.29, 1.82) is 0 Å². The molecular formula is C19H21BrN2O4. The van der Waals surface area contributed by atoms with Crippen LogP contribution in [0.1, 0.15) is 31.1 Å². The van der Waals surface area contributed by atoms with E-state index in [9.17, 15) is 9.59 Å². The molecule has 2 amide bonds. The first-order valence-corrected chi connectivity index (χ1v) is 8.90. The van der Waals surface area contributed by atoms with Crippen molar-refractivity contribution in [2.45, 2.75) is 26.4 Å². The molecule has 7 heteroatoms. The van der Waals surface area contributed by atoms with Crippen LogP contribution in [0.15, 0.2) is 53.3 Å². The van der Waals surface area contributed by atoms with Gasteiger partial charge in [-0.15, -0.1) is 0 Å². The van der Waals surface area contributed by atoms with E-state index in [1.807, 2.05) is 18.2 Å². The van der Waals surface area contributed by atoms with Crippen LogP contribution in [0.4, 0.5) is 4.79 Å². The fourth-order valence-electron chi connectivity index (χ4n) is 2.02. The minimum Gasteiger partial charge on any atom is -0.492 e. The Morgan fingerprint density at radius 3 is 2.38 bits per heavy atom. The summed E-state index contributed by atoms with van der Waals surface area (Å²) >= 11 is 3.22. The van der Waals surface area contributed by atoms with Crippen LogP contribution in [0.3, 0.4) is 0 Å². The van der Waals surface area contributed by atoms with E-state index in [1.54, 1.807) is 45.0 Å². The highest BCUT2D eigenvalue weighted by Gasteiger charge is 2.28. The van der Waals surface area contributed by atoms with Gasteiger partial charge in [0.1, 0.15) is 22.6 Å². The van der Waals surface area contributed by atoms with Gasteiger partial charge in [-0.1, -0.05) is 18.2 Å². The zero-order valence-corrected chi connectivity index (χ0v) is 16.5. The van der Waals surface area contributed by atoms with Crippen molar-refractivity contribution in [2.24, 2.45) is 0 Å². The third-order valence-corrected chi connectivity index (χ3v) is 3.63. The van der Waals surface area contributed by atoms with Gasteiger partial charge in [-0.3, -0.25) is 4.79 Å². The lowest BCUT2D eigenvalue weighted by Gasteiger charge is -2.26. The van der Waals surface area contributed by atoms with Crippen LogP contribution >= 0.6 is 15.9 Å². The Balaban J connectivity index is 2.11. The van der Waals surface area contributed by atoms with Gasteiger partial charge in [0, 0.05) is 6.20 Å². The Morgan fingerprint density at radius 1 is 1.12 bits per heavy atom. The quantitative estimate of drug-likeness (QED) is 0.674. The highest BCUT2D eigenvalue weighted by molar-refractivity contribution is 9.10. The smallest absolute Gasteiger partial charge is 0.417 e. The number of para-hydroxylation sites is 1. The number of nitrogens with zero attached hydrogens (tertiary/aromatic N) is 2. The summed E-state index contributed by atoms with van der Waals surface area (Å²) in [7, 11) is 0. The maximum atomic E-state index is 12.7. The fraction of sp³-hybridized carbons (Fsp3) is 0.316. The van der Waals surface area contributed by atoms with E-state index >= 15 is 0 Å². The molecular weight excluding hydrogens is 400 g/mol. The topological polar surface area (TPSA) is 68.7 Å². The summed E-state index contributed by atoms with van der Waals surface area (Å²) in [6.45, 7) is 5.44. The summed E-state index contributed by atoms with van der Waals surface area (Å²) in [5, 5.41) is 0. The second kappa shape index (κ2) is 8.80. The predicted molar refractivity (Wildman–Crippen MR) is 101 cm³/mol. The first-order chi connectivity index (χ1) is 12.3. The third kappa shape index (κ3) is 6.15. The average molecular weight is 421 g/mol. The van der Waals surface area contributed by atoms with E-state index in [4.69, 9.17) is 9.47 Å².